The molecule has 1 aromatic carbocycles. The van der Waals surface area contributed by atoms with Crippen LogP contribution in [-0.2, 0) is 6.42 Å². The molecule has 1 rings (SSSR count). The number of hydrogen-bond donors (Lipinski definition) is 1. The van der Waals surface area contributed by atoms with Gasteiger partial charge in [-0.3, -0.25) is 0 Å². The third-order valence-electron chi connectivity index (χ3n) is 2.17. The molecule has 0 unspecified atom stereocenters. The van der Waals surface area contributed by atoms with Crippen molar-refractivity contribution in [3.8, 4) is 0 Å². The highest BCUT2D eigenvalue weighted by Gasteiger charge is 1.98. The third kappa shape index (κ3) is 4.91. The Kier molecular flexibility index (Phi) is 6.65. The molecule has 1 aromatic rings. The Hall–Kier alpha value is -0.530. The first-order valence-corrected chi connectivity index (χ1v) is 4.62. The largest absolute Gasteiger partial charge is 0.328 e. The van der Waals surface area contributed by atoms with E-state index in [0.717, 1.165) is 19.3 Å². The molecule has 0 radical (unpaired) electrons. The fraction of sp³-hybridized carbons (Fsp3) is 0.455. The van der Waals surface area contributed by atoms with Gasteiger partial charge in [-0.2, -0.15) is 0 Å². The van der Waals surface area contributed by atoms with Crippen molar-refractivity contribution >= 4 is 12.4 Å². The van der Waals surface area contributed by atoms with Crippen LogP contribution in [-0.4, -0.2) is 6.04 Å². The zero-order valence-corrected chi connectivity index (χ0v) is 8.89. The number of halogens is 1. The van der Waals surface area contributed by atoms with Gasteiger partial charge in [-0.15, -0.1) is 12.4 Å². The van der Waals surface area contributed by atoms with E-state index in [1.54, 1.807) is 0 Å². The van der Waals surface area contributed by atoms with Crippen LogP contribution < -0.4 is 5.73 Å². The van der Waals surface area contributed by atoms with Gasteiger partial charge >= 0.3 is 0 Å². The van der Waals surface area contributed by atoms with Crippen LogP contribution in [0, 0.1) is 0 Å². The van der Waals surface area contributed by atoms with Crippen molar-refractivity contribution in [3.63, 3.8) is 0 Å². The molecule has 0 spiro atoms. The standard InChI is InChI=1S/C11H17N.ClH/c1-2-11(12)9-8-10-6-4-3-5-7-10;/h3-7,11H,2,8-9,12H2,1H3;1H/t11-;/m0./s1. The summed E-state index contributed by atoms with van der Waals surface area (Å²) in [4.78, 5) is 0. The third-order valence-corrected chi connectivity index (χ3v) is 2.17. The van der Waals surface area contributed by atoms with E-state index in [4.69, 9.17) is 5.73 Å². The van der Waals surface area contributed by atoms with E-state index >= 15 is 0 Å². The van der Waals surface area contributed by atoms with Gasteiger partial charge in [0.05, 0.1) is 0 Å². The molecule has 2 N–H and O–H groups in total. The number of rotatable bonds is 4. The van der Waals surface area contributed by atoms with Crippen LogP contribution in [0.15, 0.2) is 30.3 Å². The van der Waals surface area contributed by atoms with Gasteiger partial charge in [0.2, 0.25) is 0 Å². The van der Waals surface area contributed by atoms with Crippen LogP contribution in [0.1, 0.15) is 25.3 Å². The number of hydrogen-bond acceptors (Lipinski definition) is 1. The normalized spacial score (nSPS) is 11.8. The maximum atomic E-state index is 5.82. The van der Waals surface area contributed by atoms with Gasteiger partial charge < -0.3 is 5.73 Å². The second kappa shape index (κ2) is 6.93. The minimum absolute atomic E-state index is 0. The molecule has 0 saturated carbocycles. The molecule has 1 nitrogen and oxygen atoms in total. The van der Waals surface area contributed by atoms with E-state index < -0.39 is 0 Å². The van der Waals surface area contributed by atoms with Crippen molar-refractivity contribution < 1.29 is 0 Å². The van der Waals surface area contributed by atoms with Crippen LogP contribution in [0.2, 0.25) is 0 Å². The second-order valence-corrected chi connectivity index (χ2v) is 3.19. The monoisotopic (exact) mass is 199 g/mol. The number of benzene rings is 1. The van der Waals surface area contributed by atoms with Crippen LogP contribution >= 0.6 is 12.4 Å². The average molecular weight is 200 g/mol. The first-order valence-electron chi connectivity index (χ1n) is 4.62. The van der Waals surface area contributed by atoms with E-state index in [1.165, 1.54) is 5.56 Å². The minimum Gasteiger partial charge on any atom is -0.328 e. The van der Waals surface area contributed by atoms with Gasteiger partial charge in [0, 0.05) is 6.04 Å². The highest BCUT2D eigenvalue weighted by atomic mass is 35.5. The number of aryl methyl sites for hydroxylation is 1. The molecule has 0 aliphatic carbocycles. The van der Waals surface area contributed by atoms with Crippen molar-refractivity contribution in [2.24, 2.45) is 5.73 Å². The predicted molar refractivity (Wildman–Crippen MR) is 60.3 cm³/mol. The first-order chi connectivity index (χ1) is 5.83. The summed E-state index contributed by atoms with van der Waals surface area (Å²) in [6, 6.07) is 10.9. The highest BCUT2D eigenvalue weighted by Crippen LogP contribution is 2.04. The Labute approximate surface area is 86.7 Å². The smallest absolute Gasteiger partial charge is 0.00393 e. The van der Waals surface area contributed by atoms with Gasteiger partial charge in [0.1, 0.15) is 0 Å². The maximum Gasteiger partial charge on any atom is 0.00393 e. The summed E-state index contributed by atoms with van der Waals surface area (Å²) in [5.41, 5.74) is 7.21. The summed E-state index contributed by atoms with van der Waals surface area (Å²) in [7, 11) is 0. The first kappa shape index (κ1) is 12.5. The molecule has 0 heterocycles. The average Bonchev–Trinajstić information content (AvgIpc) is 2.16. The highest BCUT2D eigenvalue weighted by molar-refractivity contribution is 5.85. The summed E-state index contributed by atoms with van der Waals surface area (Å²) in [5.74, 6) is 0. The quantitative estimate of drug-likeness (QED) is 0.793. The van der Waals surface area contributed by atoms with Gasteiger partial charge in [0.25, 0.3) is 0 Å². The lowest BCUT2D eigenvalue weighted by atomic mass is 10.0. The fourth-order valence-corrected chi connectivity index (χ4v) is 1.20. The maximum absolute atomic E-state index is 5.82. The molecule has 2 heteroatoms. The molecule has 0 aliphatic heterocycles. The Bertz CT molecular complexity index is 211. The minimum atomic E-state index is 0. The van der Waals surface area contributed by atoms with Gasteiger partial charge in [-0.1, -0.05) is 37.3 Å². The topological polar surface area (TPSA) is 26.0 Å². The lowest BCUT2D eigenvalue weighted by molar-refractivity contribution is 0.596. The molecule has 1 atom stereocenters. The lowest BCUT2D eigenvalue weighted by Gasteiger charge is -2.07. The molecular formula is C11H18ClN. The van der Waals surface area contributed by atoms with Gasteiger partial charge in [0.15, 0.2) is 0 Å². The van der Waals surface area contributed by atoms with Crippen LogP contribution in [0.5, 0.6) is 0 Å². The molecule has 0 aliphatic rings. The van der Waals surface area contributed by atoms with Crippen molar-refractivity contribution in [2.45, 2.75) is 32.2 Å². The molecule has 0 aromatic heterocycles. The van der Waals surface area contributed by atoms with Crippen molar-refractivity contribution in [1.29, 1.82) is 0 Å². The van der Waals surface area contributed by atoms with E-state index in [1.807, 2.05) is 6.07 Å². The van der Waals surface area contributed by atoms with E-state index in [-0.39, 0.29) is 12.4 Å². The zero-order valence-electron chi connectivity index (χ0n) is 8.07. The second-order valence-electron chi connectivity index (χ2n) is 3.19. The molecule has 0 amide bonds. The summed E-state index contributed by atoms with van der Waals surface area (Å²) in [5, 5.41) is 0. The van der Waals surface area contributed by atoms with Crippen molar-refractivity contribution in [3.05, 3.63) is 35.9 Å². The van der Waals surface area contributed by atoms with Gasteiger partial charge in [-0.05, 0) is 24.8 Å². The lowest BCUT2D eigenvalue weighted by Crippen LogP contribution is -2.18. The summed E-state index contributed by atoms with van der Waals surface area (Å²) in [6.07, 6.45) is 3.28. The van der Waals surface area contributed by atoms with Crippen LogP contribution in [0.25, 0.3) is 0 Å². The fourth-order valence-electron chi connectivity index (χ4n) is 1.20. The SMILES string of the molecule is CC[C@H](N)CCc1ccccc1.Cl. The Morgan fingerprint density at radius 2 is 1.85 bits per heavy atom. The summed E-state index contributed by atoms with van der Waals surface area (Å²) < 4.78 is 0. The molecular weight excluding hydrogens is 182 g/mol. The summed E-state index contributed by atoms with van der Waals surface area (Å²) in [6.45, 7) is 2.13. The predicted octanol–water partition coefficient (Wildman–Crippen LogP) is 2.78. The van der Waals surface area contributed by atoms with Crippen molar-refractivity contribution in [1.82, 2.24) is 0 Å². The Balaban J connectivity index is 0.00000144. The molecule has 74 valence electrons. The van der Waals surface area contributed by atoms with Crippen LogP contribution in [0.3, 0.4) is 0 Å². The molecule has 0 fully saturated rings. The zero-order chi connectivity index (χ0) is 8.81. The molecule has 13 heavy (non-hydrogen) atoms. The Morgan fingerprint density at radius 1 is 1.23 bits per heavy atom. The molecule has 0 saturated heterocycles. The van der Waals surface area contributed by atoms with Crippen molar-refractivity contribution in [2.75, 3.05) is 0 Å². The van der Waals surface area contributed by atoms with Gasteiger partial charge in [-0.25, -0.2) is 0 Å². The van der Waals surface area contributed by atoms with E-state index in [9.17, 15) is 0 Å². The Morgan fingerprint density at radius 3 is 2.38 bits per heavy atom. The van der Waals surface area contributed by atoms with E-state index in [2.05, 4.69) is 31.2 Å². The number of nitrogens with two attached hydrogens (primary N) is 1. The van der Waals surface area contributed by atoms with Crippen LogP contribution in [0.4, 0.5) is 0 Å². The summed E-state index contributed by atoms with van der Waals surface area (Å²) >= 11 is 0. The van der Waals surface area contributed by atoms with E-state index in [0.29, 0.717) is 6.04 Å². The molecule has 0 bridgehead atoms.